The van der Waals surface area contributed by atoms with Gasteiger partial charge in [0.2, 0.25) is 0 Å². The summed E-state index contributed by atoms with van der Waals surface area (Å²) < 4.78 is 0. The number of nitrogens with zero attached hydrogens (tertiary/aromatic N) is 3. The number of nitrogens with two attached hydrogens (primary N) is 1. The molecule has 2 rings (SSSR count). The number of halogens is 1. The highest BCUT2D eigenvalue weighted by molar-refractivity contribution is 6.30. The first kappa shape index (κ1) is 14.6. The van der Waals surface area contributed by atoms with Crippen LogP contribution in [0.25, 0.3) is 0 Å². The van der Waals surface area contributed by atoms with Crippen LogP contribution in [0.4, 0.5) is 11.6 Å². The maximum Gasteiger partial charge on any atom is 0.145 e. The maximum absolute atomic E-state index is 6.04. The minimum Gasteiger partial charge on any atom is -0.353 e. The molecular weight excluding hydrogens is 274 g/mol. The molecule has 0 aliphatic heterocycles. The summed E-state index contributed by atoms with van der Waals surface area (Å²) in [6.07, 6.45) is 0. The van der Waals surface area contributed by atoms with Gasteiger partial charge in [-0.25, -0.2) is 15.8 Å². The third-order valence-corrected chi connectivity index (χ3v) is 3.48. The summed E-state index contributed by atoms with van der Waals surface area (Å²) in [5.74, 6) is 7.48. The summed E-state index contributed by atoms with van der Waals surface area (Å²) in [4.78, 5) is 10.7. The third-order valence-electron chi connectivity index (χ3n) is 3.25. The van der Waals surface area contributed by atoms with Crippen molar-refractivity contribution in [3.63, 3.8) is 0 Å². The van der Waals surface area contributed by atoms with Crippen molar-refractivity contribution in [1.82, 2.24) is 9.97 Å². The molecule has 20 heavy (non-hydrogen) atoms. The average Bonchev–Trinajstić information content (AvgIpc) is 2.45. The normalized spacial score (nSPS) is 12.1. The van der Waals surface area contributed by atoms with Gasteiger partial charge >= 0.3 is 0 Å². The van der Waals surface area contributed by atoms with Gasteiger partial charge in [0.25, 0.3) is 0 Å². The molecule has 5 nitrogen and oxygen atoms in total. The van der Waals surface area contributed by atoms with E-state index in [0.29, 0.717) is 11.6 Å². The number of anilines is 2. The molecule has 106 valence electrons. The second-order valence-corrected chi connectivity index (χ2v) is 5.08. The number of hydrogen-bond acceptors (Lipinski definition) is 5. The summed E-state index contributed by atoms with van der Waals surface area (Å²) in [7, 11) is 1.98. The van der Waals surface area contributed by atoms with Crippen LogP contribution in [0.5, 0.6) is 0 Å². The number of benzene rings is 1. The van der Waals surface area contributed by atoms with Gasteiger partial charge in [0.15, 0.2) is 0 Å². The number of rotatable bonds is 4. The number of hydrogen-bond donors (Lipinski definition) is 2. The lowest BCUT2D eigenvalue weighted by atomic mass is 10.1. The Morgan fingerprint density at radius 2 is 2.05 bits per heavy atom. The van der Waals surface area contributed by atoms with Crippen LogP contribution in [0.15, 0.2) is 30.3 Å². The van der Waals surface area contributed by atoms with Crippen molar-refractivity contribution in [3.8, 4) is 0 Å². The van der Waals surface area contributed by atoms with Gasteiger partial charge in [0.05, 0.1) is 6.04 Å². The van der Waals surface area contributed by atoms with Crippen molar-refractivity contribution < 1.29 is 0 Å². The van der Waals surface area contributed by atoms with E-state index in [0.717, 1.165) is 16.4 Å². The molecule has 0 bridgehead atoms. The third kappa shape index (κ3) is 3.18. The van der Waals surface area contributed by atoms with Crippen molar-refractivity contribution in [2.45, 2.75) is 19.9 Å². The smallest absolute Gasteiger partial charge is 0.145 e. The van der Waals surface area contributed by atoms with Crippen LogP contribution < -0.4 is 16.2 Å². The zero-order chi connectivity index (χ0) is 14.7. The van der Waals surface area contributed by atoms with E-state index in [1.165, 1.54) is 0 Å². The molecule has 6 heteroatoms. The number of hydrazine groups is 1. The zero-order valence-corrected chi connectivity index (χ0v) is 12.5. The molecule has 0 amide bonds. The van der Waals surface area contributed by atoms with E-state index in [-0.39, 0.29) is 6.04 Å². The Morgan fingerprint density at radius 1 is 1.30 bits per heavy atom. The van der Waals surface area contributed by atoms with Crippen LogP contribution in [0, 0.1) is 6.92 Å². The summed E-state index contributed by atoms with van der Waals surface area (Å²) >= 11 is 6.04. The van der Waals surface area contributed by atoms with Crippen molar-refractivity contribution in [2.75, 3.05) is 17.4 Å². The topological polar surface area (TPSA) is 67.1 Å². The number of aryl methyl sites for hydroxylation is 1. The lowest BCUT2D eigenvalue weighted by Crippen LogP contribution is -2.23. The average molecular weight is 292 g/mol. The van der Waals surface area contributed by atoms with Gasteiger partial charge in [0, 0.05) is 18.1 Å². The molecule has 0 fully saturated rings. The Morgan fingerprint density at radius 3 is 2.70 bits per heavy atom. The predicted octanol–water partition coefficient (Wildman–Crippen LogP) is 2.92. The van der Waals surface area contributed by atoms with Crippen molar-refractivity contribution in [1.29, 1.82) is 0 Å². The molecule has 0 aliphatic carbocycles. The molecule has 0 radical (unpaired) electrons. The second kappa shape index (κ2) is 6.07. The SMILES string of the molecule is Cc1nc(NN)cc(N(C)C(C)c2cccc(Cl)c2)n1. The monoisotopic (exact) mass is 291 g/mol. The van der Waals surface area contributed by atoms with Gasteiger partial charge in [0.1, 0.15) is 17.5 Å². The van der Waals surface area contributed by atoms with Gasteiger partial charge < -0.3 is 10.3 Å². The van der Waals surface area contributed by atoms with Crippen LogP contribution in [0.2, 0.25) is 5.02 Å². The molecule has 1 aromatic carbocycles. The molecule has 0 aliphatic rings. The van der Waals surface area contributed by atoms with Crippen LogP contribution in [-0.2, 0) is 0 Å². The van der Waals surface area contributed by atoms with E-state index >= 15 is 0 Å². The first-order valence-corrected chi connectivity index (χ1v) is 6.69. The van der Waals surface area contributed by atoms with E-state index in [1.54, 1.807) is 0 Å². The van der Waals surface area contributed by atoms with Crippen molar-refractivity contribution >= 4 is 23.2 Å². The highest BCUT2D eigenvalue weighted by Gasteiger charge is 2.15. The fourth-order valence-corrected chi connectivity index (χ4v) is 2.19. The van der Waals surface area contributed by atoms with Gasteiger partial charge in [-0.2, -0.15) is 0 Å². The van der Waals surface area contributed by atoms with Crippen LogP contribution >= 0.6 is 11.6 Å². The number of nitrogens with one attached hydrogen (secondary N) is 1. The standard InChI is InChI=1S/C14H18ClN5/c1-9(11-5-4-6-12(15)7-11)20(3)14-8-13(19-16)17-10(2)18-14/h4-9H,16H2,1-3H3,(H,17,18,19). The Hall–Kier alpha value is -1.85. The molecule has 1 aromatic heterocycles. The minimum atomic E-state index is 0.133. The summed E-state index contributed by atoms with van der Waals surface area (Å²) in [6, 6.07) is 9.76. The lowest BCUT2D eigenvalue weighted by molar-refractivity contribution is 0.725. The molecule has 3 N–H and O–H groups in total. The minimum absolute atomic E-state index is 0.133. The summed E-state index contributed by atoms with van der Waals surface area (Å²) in [5.41, 5.74) is 3.68. The zero-order valence-electron chi connectivity index (χ0n) is 11.8. The van der Waals surface area contributed by atoms with Gasteiger partial charge in [-0.15, -0.1) is 0 Å². The first-order chi connectivity index (χ1) is 9.51. The van der Waals surface area contributed by atoms with Crippen LogP contribution in [0.3, 0.4) is 0 Å². The van der Waals surface area contributed by atoms with E-state index in [2.05, 4.69) is 27.2 Å². The summed E-state index contributed by atoms with van der Waals surface area (Å²) in [6.45, 7) is 3.93. The molecular formula is C14H18ClN5. The lowest BCUT2D eigenvalue weighted by Gasteiger charge is -2.27. The van der Waals surface area contributed by atoms with E-state index < -0.39 is 0 Å². The Kier molecular flexibility index (Phi) is 4.42. The van der Waals surface area contributed by atoms with Crippen LogP contribution in [0.1, 0.15) is 24.4 Å². The summed E-state index contributed by atoms with van der Waals surface area (Å²) in [5, 5.41) is 0.728. The van der Waals surface area contributed by atoms with Crippen LogP contribution in [-0.4, -0.2) is 17.0 Å². The van der Waals surface area contributed by atoms with Gasteiger partial charge in [-0.05, 0) is 31.5 Å². The van der Waals surface area contributed by atoms with E-state index in [9.17, 15) is 0 Å². The number of aromatic nitrogens is 2. The quantitative estimate of drug-likeness (QED) is 0.670. The Bertz CT molecular complexity index is 602. The fourth-order valence-electron chi connectivity index (χ4n) is 2.00. The Labute approximate surface area is 123 Å². The molecule has 2 aromatic rings. The highest BCUT2D eigenvalue weighted by Crippen LogP contribution is 2.26. The Balaban J connectivity index is 2.30. The molecule has 0 saturated heterocycles. The molecule has 0 saturated carbocycles. The maximum atomic E-state index is 6.04. The highest BCUT2D eigenvalue weighted by atomic mass is 35.5. The van der Waals surface area contributed by atoms with Crippen molar-refractivity contribution in [2.24, 2.45) is 5.84 Å². The number of nitrogen functional groups attached to an aromatic ring is 1. The molecule has 1 heterocycles. The largest absolute Gasteiger partial charge is 0.353 e. The van der Waals surface area contributed by atoms with Gasteiger partial charge in [-0.3, -0.25) is 0 Å². The van der Waals surface area contributed by atoms with Gasteiger partial charge in [-0.1, -0.05) is 23.7 Å². The van der Waals surface area contributed by atoms with Crippen molar-refractivity contribution in [3.05, 3.63) is 46.7 Å². The van der Waals surface area contributed by atoms with E-state index in [4.69, 9.17) is 17.4 Å². The van der Waals surface area contributed by atoms with E-state index in [1.807, 2.05) is 44.3 Å². The predicted molar refractivity (Wildman–Crippen MR) is 82.8 cm³/mol. The molecule has 1 atom stereocenters. The first-order valence-electron chi connectivity index (χ1n) is 6.32. The molecule has 0 spiro atoms. The fraction of sp³-hybridized carbons (Fsp3) is 0.286. The molecule has 1 unspecified atom stereocenters. The second-order valence-electron chi connectivity index (χ2n) is 4.64.